The number of nitrogens with one attached hydrogen (secondary N) is 3. The summed E-state index contributed by atoms with van der Waals surface area (Å²) in [6.07, 6.45) is 0.880. The number of hydrogen-bond donors (Lipinski definition) is 3. The first-order chi connectivity index (χ1) is 12.2. The van der Waals surface area contributed by atoms with Gasteiger partial charge in [0, 0.05) is 29.2 Å². The van der Waals surface area contributed by atoms with E-state index in [1.165, 1.54) is 5.56 Å². The van der Waals surface area contributed by atoms with Crippen molar-refractivity contribution in [2.75, 3.05) is 25.5 Å². The third kappa shape index (κ3) is 4.65. The summed E-state index contributed by atoms with van der Waals surface area (Å²) in [6, 6.07) is 15.0. The van der Waals surface area contributed by atoms with Crippen LogP contribution in [-0.2, 0) is 0 Å². The fourth-order valence-corrected chi connectivity index (χ4v) is 3.23. The van der Waals surface area contributed by atoms with Crippen LogP contribution < -0.4 is 20.7 Å². The van der Waals surface area contributed by atoms with Crippen LogP contribution in [0, 0.1) is 0 Å². The molecule has 0 spiro atoms. The van der Waals surface area contributed by atoms with Crippen LogP contribution in [0.2, 0.25) is 5.02 Å². The molecule has 0 aliphatic carbocycles. The predicted molar refractivity (Wildman–Crippen MR) is 101 cm³/mol. The van der Waals surface area contributed by atoms with Gasteiger partial charge >= 0.3 is 6.03 Å². The summed E-state index contributed by atoms with van der Waals surface area (Å²) in [7, 11) is 1.66. The average molecular weight is 360 g/mol. The van der Waals surface area contributed by atoms with Crippen molar-refractivity contribution >= 4 is 23.3 Å². The molecule has 0 saturated carbocycles. The summed E-state index contributed by atoms with van der Waals surface area (Å²) in [5, 5.41) is 10.0. The van der Waals surface area contributed by atoms with Gasteiger partial charge in [-0.1, -0.05) is 23.7 Å². The molecule has 25 heavy (non-hydrogen) atoms. The Bertz CT molecular complexity index is 704. The van der Waals surface area contributed by atoms with Crippen molar-refractivity contribution in [2.45, 2.75) is 18.4 Å². The molecular formula is C19H22ClN3O2. The van der Waals surface area contributed by atoms with Crippen LogP contribution in [0.5, 0.6) is 5.75 Å². The van der Waals surface area contributed by atoms with E-state index in [2.05, 4.69) is 28.1 Å². The largest absolute Gasteiger partial charge is 0.497 e. The molecule has 1 aliphatic rings. The van der Waals surface area contributed by atoms with E-state index < -0.39 is 0 Å². The summed E-state index contributed by atoms with van der Waals surface area (Å²) in [4.78, 5) is 12.3. The molecule has 3 rings (SSSR count). The number of carbonyl (C=O) groups is 1. The molecule has 1 saturated heterocycles. The zero-order valence-electron chi connectivity index (χ0n) is 14.1. The van der Waals surface area contributed by atoms with Crippen LogP contribution in [0.15, 0.2) is 48.5 Å². The predicted octanol–water partition coefficient (Wildman–Crippen LogP) is 3.62. The molecular weight excluding hydrogens is 338 g/mol. The Morgan fingerprint density at radius 3 is 2.56 bits per heavy atom. The summed E-state index contributed by atoms with van der Waals surface area (Å²) in [6.45, 7) is 1.72. The molecule has 2 amide bonds. The number of amides is 2. The van der Waals surface area contributed by atoms with Crippen molar-refractivity contribution < 1.29 is 9.53 Å². The number of halogens is 1. The monoisotopic (exact) mass is 359 g/mol. The molecule has 1 unspecified atom stereocenters. The van der Waals surface area contributed by atoms with Crippen molar-refractivity contribution in [3.8, 4) is 5.75 Å². The lowest BCUT2D eigenvalue weighted by Gasteiger charge is -2.33. The molecule has 6 heteroatoms. The van der Waals surface area contributed by atoms with E-state index in [0.717, 1.165) is 30.9 Å². The van der Waals surface area contributed by atoms with Crippen molar-refractivity contribution in [3.63, 3.8) is 0 Å². The smallest absolute Gasteiger partial charge is 0.319 e. The van der Waals surface area contributed by atoms with Crippen LogP contribution in [0.25, 0.3) is 0 Å². The number of piperidine rings is 1. The topological polar surface area (TPSA) is 62.4 Å². The molecule has 1 fully saturated rings. The first-order valence-electron chi connectivity index (χ1n) is 8.33. The zero-order chi connectivity index (χ0) is 17.6. The summed E-state index contributed by atoms with van der Waals surface area (Å²) >= 11 is 5.87. The summed E-state index contributed by atoms with van der Waals surface area (Å²) < 4.78 is 5.22. The van der Waals surface area contributed by atoms with Gasteiger partial charge in [0.05, 0.1) is 7.11 Å². The van der Waals surface area contributed by atoms with E-state index in [0.29, 0.717) is 5.02 Å². The summed E-state index contributed by atoms with van der Waals surface area (Å²) in [5.74, 6) is 1.05. The van der Waals surface area contributed by atoms with Crippen molar-refractivity contribution in [1.29, 1.82) is 0 Å². The second kappa shape index (κ2) is 8.23. The van der Waals surface area contributed by atoms with Gasteiger partial charge in [-0.3, -0.25) is 0 Å². The quantitative estimate of drug-likeness (QED) is 0.781. The van der Waals surface area contributed by atoms with Gasteiger partial charge in [-0.05, 0) is 54.9 Å². The summed E-state index contributed by atoms with van der Waals surface area (Å²) in [5.41, 5.74) is 1.90. The number of anilines is 1. The minimum absolute atomic E-state index is 0.0712. The van der Waals surface area contributed by atoms with Crippen LogP contribution in [0.4, 0.5) is 10.5 Å². The Morgan fingerprint density at radius 1 is 1.16 bits per heavy atom. The lowest BCUT2D eigenvalue weighted by atomic mass is 9.87. The standard InChI is InChI=1S/C19H22ClN3O2/c1-25-16-8-2-13(3-9-16)17-12-21-11-10-18(17)23-19(24)22-15-6-4-14(20)5-7-15/h2-9,17-18,21H,10-12H2,1H3,(H2,22,23,24)/t17?,18-/m1/s1. The van der Waals surface area contributed by atoms with E-state index in [-0.39, 0.29) is 18.0 Å². The molecule has 132 valence electrons. The number of methoxy groups -OCH3 is 1. The number of carbonyl (C=O) groups excluding carboxylic acids is 1. The average Bonchev–Trinajstić information content (AvgIpc) is 2.64. The first kappa shape index (κ1) is 17.6. The van der Waals surface area contributed by atoms with E-state index in [1.807, 2.05) is 12.1 Å². The maximum absolute atomic E-state index is 12.3. The van der Waals surface area contributed by atoms with Gasteiger partial charge in [-0.25, -0.2) is 4.79 Å². The molecule has 0 bridgehead atoms. The maximum Gasteiger partial charge on any atom is 0.319 e. The number of hydrogen-bond acceptors (Lipinski definition) is 3. The SMILES string of the molecule is COc1ccc(C2CNCC[C@H]2NC(=O)Nc2ccc(Cl)cc2)cc1. The van der Waals surface area contributed by atoms with E-state index in [9.17, 15) is 4.79 Å². The molecule has 0 aromatic heterocycles. The minimum Gasteiger partial charge on any atom is -0.497 e. The highest BCUT2D eigenvalue weighted by Gasteiger charge is 2.27. The highest BCUT2D eigenvalue weighted by Crippen LogP contribution is 2.26. The van der Waals surface area contributed by atoms with Gasteiger partial charge in [0.25, 0.3) is 0 Å². The molecule has 2 aromatic carbocycles. The molecule has 5 nitrogen and oxygen atoms in total. The second-order valence-electron chi connectivity index (χ2n) is 6.08. The lowest BCUT2D eigenvalue weighted by Crippen LogP contribution is -2.49. The highest BCUT2D eigenvalue weighted by molar-refractivity contribution is 6.30. The minimum atomic E-state index is -0.201. The Labute approximate surface area is 152 Å². The van der Waals surface area contributed by atoms with E-state index in [4.69, 9.17) is 16.3 Å². The number of benzene rings is 2. The van der Waals surface area contributed by atoms with Crippen molar-refractivity contribution in [2.24, 2.45) is 0 Å². The molecule has 1 heterocycles. The van der Waals surface area contributed by atoms with E-state index in [1.54, 1.807) is 31.4 Å². The fourth-order valence-electron chi connectivity index (χ4n) is 3.10. The maximum atomic E-state index is 12.3. The number of rotatable bonds is 4. The molecule has 0 radical (unpaired) electrons. The molecule has 2 atom stereocenters. The van der Waals surface area contributed by atoms with Gasteiger partial charge < -0.3 is 20.7 Å². The zero-order valence-corrected chi connectivity index (χ0v) is 14.8. The van der Waals surface area contributed by atoms with Crippen molar-refractivity contribution in [1.82, 2.24) is 10.6 Å². The Morgan fingerprint density at radius 2 is 1.88 bits per heavy atom. The Hall–Kier alpha value is -2.24. The van der Waals surface area contributed by atoms with Gasteiger partial charge in [-0.2, -0.15) is 0 Å². The van der Waals surface area contributed by atoms with Crippen LogP contribution in [0.1, 0.15) is 17.9 Å². The molecule has 1 aliphatic heterocycles. The van der Waals surface area contributed by atoms with Crippen molar-refractivity contribution in [3.05, 3.63) is 59.1 Å². The third-order valence-electron chi connectivity index (χ3n) is 4.44. The number of ether oxygens (including phenoxy) is 1. The Kier molecular flexibility index (Phi) is 5.79. The van der Waals surface area contributed by atoms with E-state index >= 15 is 0 Å². The van der Waals surface area contributed by atoms with Crippen LogP contribution in [0.3, 0.4) is 0 Å². The van der Waals surface area contributed by atoms with Gasteiger partial charge in [0.2, 0.25) is 0 Å². The van der Waals surface area contributed by atoms with Gasteiger partial charge in [-0.15, -0.1) is 0 Å². The van der Waals surface area contributed by atoms with Gasteiger partial charge in [0.1, 0.15) is 5.75 Å². The van der Waals surface area contributed by atoms with Gasteiger partial charge in [0.15, 0.2) is 0 Å². The molecule has 2 aromatic rings. The second-order valence-corrected chi connectivity index (χ2v) is 6.52. The fraction of sp³-hybridized carbons (Fsp3) is 0.316. The van der Waals surface area contributed by atoms with Crippen LogP contribution >= 0.6 is 11.6 Å². The first-order valence-corrected chi connectivity index (χ1v) is 8.71. The number of urea groups is 1. The Balaban J connectivity index is 1.65. The third-order valence-corrected chi connectivity index (χ3v) is 4.70. The lowest BCUT2D eigenvalue weighted by molar-refractivity contribution is 0.242. The van der Waals surface area contributed by atoms with Crippen LogP contribution in [-0.4, -0.2) is 32.3 Å². The normalized spacial score (nSPS) is 19.9. The molecule has 3 N–H and O–H groups in total. The highest BCUT2D eigenvalue weighted by atomic mass is 35.5.